The number of hydrogen-bond donors (Lipinski definition) is 2. The van der Waals surface area contributed by atoms with Crippen LogP contribution in [0, 0.1) is 0 Å². The van der Waals surface area contributed by atoms with Crippen LogP contribution in [-0.2, 0) is 20.4 Å². The molecule has 6 nitrogen and oxygen atoms in total. The van der Waals surface area contributed by atoms with Gasteiger partial charge in [-0.1, -0.05) is 30.3 Å². The van der Waals surface area contributed by atoms with Crippen molar-refractivity contribution < 1.29 is 13.2 Å². The molecule has 0 heterocycles. The quantitative estimate of drug-likeness (QED) is 0.765. The van der Waals surface area contributed by atoms with E-state index in [0.717, 1.165) is 4.31 Å². The smallest absolute Gasteiger partial charge is 0.244 e. The Kier molecular flexibility index (Phi) is 5.27. The highest BCUT2D eigenvalue weighted by molar-refractivity contribution is 7.89. The summed E-state index contributed by atoms with van der Waals surface area (Å²) in [6, 6.07) is 8.95. The van der Waals surface area contributed by atoms with Gasteiger partial charge in [0.15, 0.2) is 0 Å². The van der Waals surface area contributed by atoms with Crippen molar-refractivity contribution >= 4 is 15.9 Å². The first-order valence-corrected chi connectivity index (χ1v) is 7.82. The molecular formula is C13H21N3O3S. The van der Waals surface area contributed by atoms with Crippen LogP contribution in [0.25, 0.3) is 0 Å². The van der Waals surface area contributed by atoms with E-state index in [9.17, 15) is 13.2 Å². The van der Waals surface area contributed by atoms with Crippen LogP contribution in [0.2, 0.25) is 0 Å². The zero-order valence-corrected chi connectivity index (χ0v) is 12.8. The minimum absolute atomic E-state index is 0.0268. The van der Waals surface area contributed by atoms with Gasteiger partial charge in [0.1, 0.15) is 5.54 Å². The van der Waals surface area contributed by atoms with E-state index in [1.54, 1.807) is 31.2 Å². The zero-order valence-electron chi connectivity index (χ0n) is 12.0. The second-order valence-electron chi connectivity index (χ2n) is 4.92. The van der Waals surface area contributed by atoms with E-state index >= 15 is 0 Å². The van der Waals surface area contributed by atoms with Crippen molar-refractivity contribution in [2.75, 3.05) is 26.4 Å². The fourth-order valence-electron chi connectivity index (χ4n) is 1.58. The molecule has 1 amide bonds. The summed E-state index contributed by atoms with van der Waals surface area (Å²) in [4.78, 5) is 12.1. The molecule has 20 heavy (non-hydrogen) atoms. The highest BCUT2D eigenvalue weighted by Crippen LogP contribution is 2.17. The van der Waals surface area contributed by atoms with Crippen molar-refractivity contribution in [3.8, 4) is 0 Å². The summed E-state index contributed by atoms with van der Waals surface area (Å²) in [5.41, 5.74) is 5.50. The summed E-state index contributed by atoms with van der Waals surface area (Å²) in [5.74, 6) is -0.561. The number of benzene rings is 1. The number of nitrogens with two attached hydrogens (primary N) is 1. The lowest BCUT2D eigenvalue weighted by atomic mass is 9.92. The third-order valence-electron chi connectivity index (χ3n) is 3.05. The second-order valence-corrected chi connectivity index (χ2v) is 7.23. The van der Waals surface area contributed by atoms with Gasteiger partial charge in [-0.15, -0.1) is 0 Å². The standard InChI is InChI=1S/C13H21N3O3S/c1-13(14,11-7-5-4-6-8-11)12(17)15-9-10-20(18,19)16(2)3/h4-8H,9-10,14H2,1-3H3,(H,15,17). The van der Waals surface area contributed by atoms with Crippen LogP contribution in [0.1, 0.15) is 12.5 Å². The van der Waals surface area contributed by atoms with E-state index < -0.39 is 21.5 Å². The first-order valence-electron chi connectivity index (χ1n) is 6.21. The molecule has 1 aromatic rings. The number of hydrogen-bond acceptors (Lipinski definition) is 4. The Hall–Kier alpha value is -1.44. The fourth-order valence-corrected chi connectivity index (χ4v) is 2.30. The van der Waals surface area contributed by atoms with Gasteiger partial charge in [-0.2, -0.15) is 0 Å². The van der Waals surface area contributed by atoms with Crippen molar-refractivity contribution in [1.29, 1.82) is 0 Å². The zero-order chi connectivity index (χ0) is 15.4. The third-order valence-corrected chi connectivity index (χ3v) is 4.88. The Balaban J connectivity index is 2.64. The molecule has 1 rings (SSSR count). The van der Waals surface area contributed by atoms with E-state index in [0.29, 0.717) is 5.56 Å². The molecule has 112 valence electrons. The molecule has 0 aromatic heterocycles. The molecule has 0 saturated carbocycles. The Bertz CT molecular complexity index is 553. The first-order chi connectivity index (χ1) is 9.18. The third kappa shape index (κ3) is 4.03. The molecule has 7 heteroatoms. The van der Waals surface area contributed by atoms with Crippen molar-refractivity contribution in [1.82, 2.24) is 9.62 Å². The van der Waals surface area contributed by atoms with Crippen molar-refractivity contribution in [3.63, 3.8) is 0 Å². The summed E-state index contributed by atoms with van der Waals surface area (Å²) in [6.45, 7) is 1.62. The summed E-state index contributed by atoms with van der Waals surface area (Å²) in [6.07, 6.45) is 0. The molecule has 1 unspecified atom stereocenters. The number of nitrogens with one attached hydrogen (secondary N) is 1. The van der Waals surface area contributed by atoms with E-state index in [4.69, 9.17) is 5.73 Å². The topological polar surface area (TPSA) is 92.5 Å². The van der Waals surface area contributed by atoms with Crippen LogP contribution in [0.5, 0.6) is 0 Å². The van der Waals surface area contributed by atoms with Crippen molar-refractivity contribution in [2.45, 2.75) is 12.5 Å². The number of nitrogens with zero attached hydrogens (tertiary/aromatic N) is 1. The summed E-state index contributed by atoms with van der Waals surface area (Å²) in [7, 11) is -0.421. The largest absolute Gasteiger partial charge is 0.353 e. The van der Waals surface area contributed by atoms with Crippen molar-refractivity contribution in [2.24, 2.45) is 5.73 Å². The molecular weight excluding hydrogens is 278 g/mol. The van der Waals surface area contributed by atoms with E-state index in [1.165, 1.54) is 14.1 Å². The van der Waals surface area contributed by atoms with Gasteiger partial charge in [-0.05, 0) is 12.5 Å². The van der Waals surface area contributed by atoms with Gasteiger partial charge >= 0.3 is 0 Å². The van der Waals surface area contributed by atoms with Gasteiger partial charge in [0.25, 0.3) is 0 Å². The number of amides is 1. The van der Waals surface area contributed by atoms with Crippen LogP contribution in [0.4, 0.5) is 0 Å². The van der Waals surface area contributed by atoms with Crippen LogP contribution >= 0.6 is 0 Å². The number of carbonyl (C=O) groups excluding carboxylic acids is 1. The molecule has 3 N–H and O–H groups in total. The first kappa shape index (κ1) is 16.6. The molecule has 0 fully saturated rings. The molecule has 1 atom stereocenters. The molecule has 1 aromatic carbocycles. The lowest BCUT2D eigenvalue weighted by Crippen LogP contribution is -2.50. The van der Waals surface area contributed by atoms with Gasteiger partial charge < -0.3 is 11.1 Å². The summed E-state index contributed by atoms with van der Waals surface area (Å²) < 4.78 is 24.3. The van der Waals surface area contributed by atoms with E-state index in [-0.39, 0.29) is 12.3 Å². The molecule has 0 saturated heterocycles. The summed E-state index contributed by atoms with van der Waals surface area (Å²) >= 11 is 0. The van der Waals surface area contributed by atoms with Gasteiger partial charge in [0, 0.05) is 20.6 Å². The maximum Gasteiger partial charge on any atom is 0.244 e. The van der Waals surface area contributed by atoms with Crippen LogP contribution in [-0.4, -0.2) is 45.0 Å². The Morgan fingerprint density at radius 1 is 1.30 bits per heavy atom. The lowest BCUT2D eigenvalue weighted by Gasteiger charge is -2.24. The van der Waals surface area contributed by atoms with Gasteiger partial charge in [-0.3, -0.25) is 4.79 Å². The molecule has 0 aliphatic rings. The maximum atomic E-state index is 12.1. The van der Waals surface area contributed by atoms with Gasteiger partial charge in [0.05, 0.1) is 5.75 Å². The number of carbonyl (C=O) groups is 1. The SMILES string of the molecule is CN(C)S(=O)(=O)CCNC(=O)C(C)(N)c1ccccc1. The molecule has 0 aliphatic heterocycles. The number of sulfonamides is 1. The Morgan fingerprint density at radius 3 is 2.35 bits per heavy atom. The minimum atomic E-state index is -3.33. The van der Waals surface area contributed by atoms with E-state index in [1.807, 2.05) is 6.07 Å². The number of rotatable bonds is 6. The van der Waals surface area contributed by atoms with Crippen molar-refractivity contribution in [3.05, 3.63) is 35.9 Å². The highest BCUT2D eigenvalue weighted by Gasteiger charge is 2.30. The van der Waals surface area contributed by atoms with Crippen LogP contribution in [0.3, 0.4) is 0 Å². The predicted octanol–water partition coefficient (Wildman–Crippen LogP) is -0.132. The molecule has 0 spiro atoms. The van der Waals surface area contributed by atoms with Crippen LogP contribution < -0.4 is 11.1 Å². The van der Waals surface area contributed by atoms with E-state index in [2.05, 4.69) is 5.32 Å². The minimum Gasteiger partial charge on any atom is -0.353 e. The summed E-state index contributed by atoms with van der Waals surface area (Å²) in [5, 5.41) is 2.56. The van der Waals surface area contributed by atoms with Gasteiger partial charge in [-0.25, -0.2) is 12.7 Å². The monoisotopic (exact) mass is 299 g/mol. The Morgan fingerprint density at radius 2 is 1.85 bits per heavy atom. The highest BCUT2D eigenvalue weighted by atomic mass is 32.2. The Labute approximate surface area is 120 Å². The normalized spacial score (nSPS) is 14.8. The van der Waals surface area contributed by atoms with Gasteiger partial charge in [0.2, 0.25) is 15.9 Å². The molecule has 0 aliphatic carbocycles. The fraction of sp³-hybridized carbons (Fsp3) is 0.462. The maximum absolute atomic E-state index is 12.1. The second kappa shape index (κ2) is 6.34. The molecule has 0 radical (unpaired) electrons. The predicted molar refractivity (Wildman–Crippen MR) is 78.5 cm³/mol. The van der Waals surface area contributed by atoms with Crippen LogP contribution in [0.15, 0.2) is 30.3 Å². The lowest BCUT2D eigenvalue weighted by molar-refractivity contribution is -0.125. The molecule has 0 bridgehead atoms. The average molecular weight is 299 g/mol. The average Bonchev–Trinajstić information content (AvgIpc) is 2.39.